The third-order valence-corrected chi connectivity index (χ3v) is 7.98. The first-order valence-electron chi connectivity index (χ1n) is 10.2. The molecule has 176 valence electrons. The molecule has 0 unspecified atom stereocenters. The van der Waals surface area contributed by atoms with Crippen LogP contribution < -0.4 is 15.4 Å². The lowest BCUT2D eigenvalue weighted by atomic mass is 10.4. The first-order valence-corrected chi connectivity index (χ1v) is 12.2. The number of fused-ring (bicyclic) bond motifs is 2. The lowest BCUT2D eigenvalue weighted by molar-refractivity contribution is 0.123. The SMILES string of the molecule is C.Clc1ncnc2cc(N3CCOCC3)sc12.O=c1[nH]cnc2cc(N3CCOCC3)sc12. The summed E-state index contributed by atoms with van der Waals surface area (Å²) in [7, 11) is 0. The molecule has 0 radical (unpaired) electrons. The number of aromatic amines is 1. The topological polar surface area (TPSA) is 96.5 Å². The standard InChI is InChI=1S/C10H10ClN3OS.C10H11N3O2S.CH4/c11-10-9-7(12-6-13-10)5-8(16-9)14-1-3-15-4-2-14;14-10-9-7(11-6-12-10)5-8(16-9)13-1-3-15-4-2-13;/h5-6H,1-4H2;5-6H,1-4H2,(H,11,12,14);1H4. The largest absolute Gasteiger partial charge is 0.378 e. The van der Waals surface area contributed by atoms with E-state index in [0.717, 1.165) is 73.3 Å². The van der Waals surface area contributed by atoms with Crippen LogP contribution in [0, 0.1) is 0 Å². The molecular weight excluding hydrogens is 484 g/mol. The lowest BCUT2D eigenvalue weighted by Crippen LogP contribution is -2.35. The molecule has 6 rings (SSSR count). The Hall–Kier alpha value is -2.31. The van der Waals surface area contributed by atoms with Crippen LogP contribution in [0.25, 0.3) is 20.4 Å². The van der Waals surface area contributed by atoms with E-state index in [1.54, 1.807) is 11.3 Å². The normalized spacial score (nSPS) is 16.4. The molecule has 2 fully saturated rings. The average molecular weight is 509 g/mol. The van der Waals surface area contributed by atoms with E-state index in [1.165, 1.54) is 29.0 Å². The fourth-order valence-electron chi connectivity index (χ4n) is 3.55. The number of halogens is 1. The number of anilines is 2. The van der Waals surface area contributed by atoms with Crippen molar-refractivity contribution in [2.24, 2.45) is 0 Å². The molecule has 2 aliphatic heterocycles. The Kier molecular flexibility index (Phi) is 7.76. The maximum atomic E-state index is 11.5. The number of aromatic nitrogens is 4. The fourth-order valence-corrected chi connectivity index (χ4v) is 5.91. The van der Waals surface area contributed by atoms with Crippen molar-refractivity contribution in [1.29, 1.82) is 0 Å². The van der Waals surface area contributed by atoms with Gasteiger partial charge >= 0.3 is 0 Å². The van der Waals surface area contributed by atoms with E-state index in [0.29, 0.717) is 9.85 Å². The maximum absolute atomic E-state index is 11.5. The van der Waals surface area contributed by atoms with Gasteiger partial charge < -0.3 is 24.3 Å². The molecule has 1 N–H and O–H groups in total. The van der Waals surface area contributed by atoms with E-state index < -0.39 is 0 Å². The Morgan fingerprint density at radius 2 is 1.39 bits per heavy atom. The second kappa shape index (κ2) is 10.7. The number of nitrogens with one attached hydrogen (secondary N) is 1. The summed E-state index contributed by atoms with van der Waals surface area (Å²) in [4.78, 5) is 31.0. The van der Waals surface area contributed by atoms with Crippen molar-refractivity contribution in [1.82, 2.24) is 19.9 Å². The highest BCUT2D eigenvalue weighted by Gasteiger charge is 2.16. The van der Waals surface area contributed by atoms with Crippen LogP contribution in [0.2, 0.25) is 5.15 Å². The predicted molar refractivity (Wildman–Crippen MR) is 135 cm³/mol. The molecule has 0 amide bonds. The molecule has 6 heterocycles. The van der Waals surface area contributed by atoms with Gasteiger partial charge in [-0.15, -0.1) is 22.7 Å². The van der Waals surface area contributed by atoms with Gasteiger partial charge in [0, 0.05) is 26.2 Å². The van der Waals surface area contributed by atoms with E-state index >= 15 is 0 Å². The fraction of sp³-hybridized carbons (Fsp3) is 0.429. The van der Waals surface area contributed by atoms with Gasteiger partial charge in [0.15, 0.2) is 0 Å². The van der Waals surface area contributed by atoms with Gasteiger partial charge in [-0.1, -0.05) is 19.0 Å². The number of H-pyrrole nitrogens is 1. The van der Waals surface area contributed by atoms with Crippen molar-refractivity contribution in [2.75, 3.05) is 62.4 Å². The van der Waals surface area contributed by atoms with Crippen LogP contribution in [0.1, 0.15) is 7.43 Å². The number of thiophene rings is 2. The Labute approximate surface area is 204 Å². The van der Waals surface area contributed by atoms with E-state index in [-0.39, 0.29) is 13.0 Å². The van der Waals surface area contributed by atoms with Gasteiger partial charge in [-0.2, -0.15) is 0 Å². The smallest absolute Gasteiger partial charge is 0.268 e. The molecular formula is C21H25ClN6O3S2. The minimum absolute atomic E-state index is 0. The molecule has 0 aromatic carbocycles. The van der Waals surface area contributed by atoms with Crippen molar-refractivity contribution in [3.8, 4) is 0 Å². The number of ether oxygens (including phenoxy) is 2. The van der Waals surface area contributed by atoms with Gasteiger partial charge in [0.1, 0.15) is 16.2 Å². The molecule has 2 saturated heterocycles. The molecule has 0 aliphatic carbocycles. The van der Waals surface area contributed by atoms with Gasteiger partial charge in [0.05, 0.1) is 58.5 Å². The van der Waals surface area contributed by atoms with Crippen molar-refractivity contribution in [2.45, 2.75) is 7.43 Å². The van der Waals surface area contributed by atoms with Gasteiger partial charge in [-0.25, -0.2) is 15.0 Å². The maximum Gasteiger partial charge on any atom is 0.268 e. The third-order valence-electron chi connectivity index (χ3n) is 5.21. The first-order chi connectivity index (χ1) is 15.7. The quantitative estimate of drug-likeness (QED) is 0.410. The minimum Gasteiger partial charge on any atom is -0.378 e. The highest BCUT2D eigenvalue weighted by Crippen LogP contribution is 2.34. The van der Waals surface area contributed by atoms with Crippen LogP contribution >= 0.6 is 34.3 Å². The summed E-state index contributed by atoms with van der Waals surface area (Å²) in [6, 6.07) is 4.04. The summed E-state index contributed by atoms with van der Waals surface area (Å²) in [6.07, 6.45) is 2.95. The number of morpholine rings is 2. The van der Waals surface area contributed by atoms with Crippen molar-refractivity contribution < 1.29 is 9.47 Å². The van der Waals surface area contributed by atoms with Crippen LogP contribution in [0.3, 0.4) is 0 Å². The monoisotopic (exact) mass is 508 g/mol. The van der Waals surface area contributed by atoms with E-state index in [2.05, 4.69) is 35.8 Å². The van der Waals surface area contributed by atoms with Gasteiger partial charge in [0.25, 0.3) is 5.56 Å². The first kappa shape index (κ1) is 23.8. The third kappa shape index (κ3) is 5.28. The molecule has 0 spiro atoms. The molecule has 0 atom stereocenters. The molecule has 9 nitrogen and oxygen atoms in total. The van der Waals surface area contributed by atoms with Crippen LogP contribution in [0.4, 0.5) is 10.0 Å². The Bertz CT molecular complexity index is 1260. The van der Waals surface area contributed by atoms with E-state index in [4.69, 9.17) is 21.1 Å². The van der Waals surface area contributed by atoms with Gasteiger partial charge in [-0.3, -0.25) is 4.79 Å². The Morgan fingerprint density at radius 3 is 1.94 bits per heavy atom. The minimum atomic E-state index is -0.0606. The predicted octanol–water partition coefficient (Wildman–Crippen LogP) is 3.64. The summed E-state index contributed by atoms with van der Waals surface area (Å²) in [5.41, 5.74) is 1.64. The number of rotatable bonds is 2. The zero-order valence-corrected chi connectivity index (χ0v) is 19.5. The molecule has 33 heavy (non-hydrogen) atoms. The summed E-state index contributed by atoms with van der Waals surface area (Å²) < 4.78 is 12.3. The zero-order chi connectivity index (χ0) is 21.9. The lowest BCUT2D eigenvalue weighted by Gasteiger charge is -2.27. The molecule has 0 saturated carbocycles. The van der Waals surface area contributed by atoms with Crippen LogP contribution in [0.15, 0.2) is 29.6 Å². The zero-order valence-electron chi connectivity index (χ0n) is 17.1. The highest BCUT2D eigenvalue weighted by atomic mass is 35.5. The molecule has 0 bridgehead atoms. The summed E-state index contributed by atoms with van der Waals surface area (Å²) in [5, 5.41) is 2.83. The second-order valence-corrected chi connectivity index (χ2v) is 9.61. The van der Waals surface area contributed by atoms with Gasteiger partial charge in [0.2, 0.25) is 0 Å². The molecule has 2 aliphatic rings. The average Bonchev–Trinajstić information content (AvgIpc) is 3.47. The number of nitrogens with zero attached hydrogens (tertiary/aromatic N) is 5. The molecule has 4 aromatic rings. The van der Waals surface area contributed by atoms with Gasteiger partial charge in [-0.05, 0) is 12.1 Å². The van der Waals surface area contributed by atoms with E-state index in [9.17, 15) is 4.79 Å². The number of hydrogen-bond donors (Lipinski definition) is 1. The summed E-state index contributed by atoms with van der Waals surface area (Å²) in [6.45, 7) is 6.68. The van der Waals surface area contributed by atoms with E-state index in [1.807, 2.05) is 6.07 Å². The summed E-state index contributed by atoms with van der Waals surface area (Å²) >= 11 is 9.16. The second-order valence-electron chi connectivity index (χ2n) is 7.19. The number of hydrogen-bond acceptors (Lipinski definition) is 10. The summed E-state index contributed by atoms with van der Waals surface area (Å²) in [5.74, 6) is 0. The van der Waals surface area contributed by atoms with Crippen molar-refractivity contribution in [3.05, 3.63) is 40.3 Å². The highest BCUT2D eigenvalue weighted by molar-refractivity contribution is 7.23. The van der Waals surface area contributed by atoms with Crippen LogP contribution in [-0.4, -0.2) is 72.5 Å². The van der Waals surface area contributed by atoms with Crippen LogP contribution in [-0.2, 0) is 9.47 Å². The van der Waals surface area contributed by atoms with Crippen LogP contribution in [0.5, 0.6) is 0 Å². The van der Waals surface area contributed by atoms with Crippen molar-refractivity contribution in [3.63, 3.8) is 0 Å². The van der Waals surface area contributed by atoms with Crippen molar-refractivity contribution >= 4 is 64.7 Å². The Balaban J connectivity index is 0.000000152. The molecule has 4 aromatic heterocycles. The molecule has 12 heteroatoms. The Morgan fingerprint density at radius 1 is 0.848 bits per heavy atom.